The number of ether oxygens (including phenoxy) is 2. The summed E-state index contributed by atoms with van der Waals surface area (Å²) >= 11 is 0. The standard InChI is InChI=1S/C21H24F3N7O3/c1-2-34-17-15(11-25)16(28-19(27)29-17)20(18(26)32,12-31-6-8-33-9-7-31)30-14-5-3-4-13(10-14)21(22,23)24/h3-5,10,30H,2,6-9,12H2,1H3,(H2,26,32)(H2,27,28,29)/t20-/m1/s1. The summed E-state index contributed by atoms with van der Waals surface area (Å²) in [6.45, 7) is 3.26. The molecule has 1 aromatic heterocycles. The molecule has 5 N–H and O–H groups in total. The molecule has 1 aliphatic rings. The molecule has 2 heterocycles. The lowest BCUT2D eigenvalue weighted by Crippen LogP contribution is -2.57. The van der Waals surface area contributed by atoms with Crippen molar-refractivity contribution in [3.63, 3.8) is 0 Å². The quantitative estimate of drug-likeness (QED) is 0.511. The Morgan fingerprint density at radius 2 is 2.03 bits per heavy atom. The van der Waals surface area contributed by atoms with Crippen LogP contribution < -0.4 is 21.5 Å². The number of alkyl halides is 3. The molecule has 0 aliphatic carbocycles. The first-order valence-corrected chi connectivity index (χ1v) is 10.4. The molecule has 1 aliphatic heterocycles. The van der Waals surface area contributed by atoms with E-state index in [1.807, 2.05) is 11.0 Å². The normalized spacial score (nSPS) is 16.3. The average Bonchev–Trinajstić information content (AvgIpc) is 2.78. The molecule has 0 radical (unpaired) electrons. The highest BCUT2D eigenvalue weighted by Crippen LogP contribution is 2.35. The van der Waals surface area contributed by atoms with Gasteiger partial charge in [0.05, 0.1) is 25.4 Å². The summed E-state index contributed by atoms with van der Waals surface area (Å²) in [5.74, 6) is -1.43. The van der Waals surface area contributed by atoms with Gasteiger partial charge in [-0.15, -0.1) is 0 Å². The predicted molar refractivity (Wildman–Crippen MR) is 116 cm³/mol. The van der Waals surface area contributed by atoms with E-state index in [1.54, 1.807) is 6.92 Å². The molecule has 13 heteroatoms. The van der Waals surface area contributed by atoms with Gasteiger partial charge in [-0.1, -0.05) is 6.07 Å². The summed E-state index contributed by atoms with van der Waals surface area (Å²) in [5, 5.41) is 12.7. The van der Waals surface area contributed by atoms with Crippen LogP contribution in [0.4, 0.5) is 24.8 Å². The average molecular weight is 479 g/mol. The van der Waals surface area contributed by atoms with E-state index in [4.69, 9.17) is 20.9 Å². The van der Waals surface area contributed by atoms with Crippen LogP contribution in [0.2, 0.25) is 0 Å². The molecule has 1 saturated heterocycles. The van der Waals surface area contributed by atoms with Crippen molar-refractivity contribution >= 4 is 17.5 Å². The second-order valence-corrected chi connectivity index (χ2v) is 7.52. The number of carbonyl (C=O) groups is 1. The molecule has 1 atom stereocenters. The maximum absolute atomic E-state index is 13.3. The summed E-state index contributed by atoms with van der Waals surface area (Å²) in [4.78, 5) is 22.9. The van der Waals surface area contributed by atoms with Crippen molar-refractivity contribution in [1.29, 1.82) is 5.26 Å². The van der Waals surface area contributed by atoms with E-state index in [-0.39, 0.29) is 41.9 Å². The van der Waals surface area contributed by atoms with Crippen LogP contribution in [0.3, 0.4) is 0 Å². The van der Waals surface area contributed by atoms with Gasteiger partial charge in [0.2, 0.25) is 11.8 Å². The van der Waals surface area contributed by atoms with Crippen molar-refractivity contribution < 1.29 is 27.4 Å². The van der Waals surface area contributed by atoms with Crippen LogP contribution in [0.1, 0.15) is 23.7 Å². The molecule has 0 spiro atoms. The van der Waals surface area contributed by atoms with Crippen LogP contribution in [-0.2, 0) is 21.2 Å². The number of anilines is 2. The number of halogens is 3. The molecule has 3 rings (SSSR count). The first-order valence-electron chi connectivity index (χ1n) is 10.4. The summed E-state index contributed by atoms with van der Waals surface area (Å²) in [5.41, 5.74) is 8.37. The molecule has 1 fully saturated rings. The van der Waals surface area contributed by atoms with Gasteiger partial charge in [-0.25, -0.2) is 4.98 Å². The fraction of sp³-hybridized carbons (Fsp3) is 0.429. The number of primary amides is 1. The van der Waals surface area contributed by atoms with Crippen molar-refractivity contribution in [2.24, 2.45) is 5.73 Å². The van der Waals surface area contributed by atoms with Crippen LogP contribution in [0, 0.1) is 11.3 Å². The van der Waals surface area contributed by atoms with Crippen LogP contribution in [-0.4, -0.2) is 60.2 Å². The lowest BCUT2D eigenvalue weighted by atomic mass is 9.89. The van der Waals surface area contributed by atoms with Gasteiger partial charge >= 0.3 is 6.18 Å². The van der Waals surface area contributed by atoms with Gasteiger partial charge in [-0.3, -0.25) is 9.69 Å². The van der Waals surface area contributed by atoms with Gasteiger partial charge in [-0.2, -0.15) is 23.4 Å². The summed E-state index contributed by atoms with van der Waals surface area (Å²) in [6, 6.07) is 6.21. The number of hydrogen-bond donors (Lipinski definition) is 3. The molecule has 0 unspecified atom stereocenters. The number of benzene rings is 1. The second-order valence-electron chi connectivity index (χ2n) is 7.52. The van der Waals surface area contributed by atoms with Crippen molar-refractivity contribution in [1.82, 2.24) is 14.9 Å². The summed E-state index contributed by atoms with van der Waals surface area (Å²) in [7, 11) is 0. The Morgan fingerprint density at radius 3 is 2.62 bits per heavy atom. The number of rotatable bonds is 8. The predicted octanol–water partition coefficient (Wildman–Crippen LogP) is 1.47. The molecule has 2 aromatic rings. The number of amides is 1. The van der Waals surface area contributed by atoms with Crippen LogP contribution in [0.25, 0.3) is 0 Å². The number of hydrogen-bond acceptors (Lipinski definition) is 9. The fourth-order valence-corrected chi connectivity index (χ4v) is 3.65. The molecule has 10 nitrogen and oxygen atoms in total. The molecule has 34 heavy (non-hydrogen) atoms. The molecule has 0 saturated carbocycles. The first-order chi connectivity index (χ1) is 16.1. The minimum absolute atomic E-state index is 0.0547. The number of nitriles is 1. The Bertz CT molecular complexity index is 1080. The number of nitrogen functional groups attached to an aromatic ring is 1. The third kappa shape index (κ3) is 5.29. The third-order valence-electron chi connectivity index (χ3n) is 5.22. The van der Waals surface area contributed by atoms with Gasteiger partial charge in [0.15, 0.2) is 5.54 Å². The Kier molecular flexibility index (Phi) is 7.43. The van der Waals surface area contributed by atoms with Gasteiger partial charge in [-0.05, 0) is 25.1 Å². The molecule has 1 aromatic carbocycles. The highest BCUT2D eigenvalue weighted by molar-refractivity contribution is 5.90. The van der Waals surface area contributed by atoms with Gasteiger partial charge in [0.1, 0.15) is 17.3 Å². The van der Waals surface area contributed by atoms with Crippen LogP contribution in [0.15, 0.2) is 24.3 Å². The molecular formula is C21H24F3N7O3. The number of morpholine rings is 1. The minimum Gasteiger partial charge on any atom is -0.477 e. The fourth-order valence-electron chi connectivity index (χ4n) is 3.65. The van der Waals surface area contributed by atoms with Gasteiger partial charge in [0.25, 0.3) is 5.91 Å². The third-order valence-corrected chi connectivity index (χ3v) is 5.22. The maximum atomic E-state index is 13.3. The van der Waals surface area contributed by atoms with E-state index in [2.05, 4.69) is 15.3 Å². The minimum atomic E-state index is -4.61. The lowest BCUT2D eigenvalue weighted by molar-refractivity contribution is -0.137. The highest BCUT2D eigenvalue weighted by Gasteiger charge is 2.46. The summed E-state index contributed by atoms with van der Waals surface area (Å²) < 4.78 is 50.7. The Hall–Kier alpha value is -3.63. The van der Waals surface area contributed by atoms with Crippen molar-refractivity contribution in [3.8, 4) is 11.9 Å². The Morgan fingerprint density at radius 1 is 1.32 bits per heavy atom. The molecule has 0 bridgehead atoms. The van der Waals surface area contributed by atoms with Crippen molar-refractivity contribution in [3.05, 3.63) is 41.1 Å². The monoisotopic (exact) mass is 479 g/mol. The smallest absolute Gasteiger partial charge is 0.416 e. The van der Waals surface area contributed by atoms with Crippen LogP contribution in [0.5, 0.6) is 5.88 Å². The maximum Gasteiger partial charge on any atom is 0.416 e. The molecule has 182 valence electrons. The Labute approximate surface area is 193 Å². The molecule has 1 amide bonds. The number of nitrogens with two attached hydrogens (primary N) is 2. The first kappa shape index (κ1) is 25.0. The van der Waals surface area contributed by atoms with E-state index in [0.29, 0.717) is 26.3 Å². The Balaban J connectivity index is 2.22. The number of nitrogens with zero attached hydrogens (tertiary/aromatic N) is 4. The van der Waals surface area contributed by atoms with Gasteiger partial charge < -0.3 is 26.3 Å². The lowest BCUT2D eigenvalue weighted by Gasteiger charge is -2.38. The van der Waals surface area contributed by atoms with E-state index in [0.717, 1.165) is 12.1 Å². The van der Waals surface area contributed by atoms with Crippen molar-refractivity contribution in [2.75, 3.05) is 50.5 Å². The van der Waals surface area contributed by atoms with Crippen LogP contribution >= 0.6 is 0 Å². The number of aromatic nitrogens is 2. The largest absolute Gasteiger partial charge is 0.477 e. The summed E-state index contributed by atoms with van der Waals surface area (Å²) in [6.07, 6.45) is -4.61. The van der Waals surface area contributed by atoms with E-state index >= 15 is 0 Å². The highest BCUT2D eigenvalue weighted by atomic mass is 19.4. The zero-order valence-electron chi connectivity index (χ0n) is 18.4. The molecular weight excluding hydrogens is 455 g/mol. The second kappa shape index (κ2) is 10.1. The zero-order chi connectivity index (χ0) is 24.9. The van der Waals surface area contributed by atoms with Crippen molar-refractivity contribution in [2.45, 2.75) is 18.6 Å². The number of carbonyl (C=O) groups excluding carboxylic acids is 1. The zero-order valence-corrected chi connectivity index (χ0v) is 18.4. The van der Waals surface area contributed by atoms with E-state index < -0.39 is 23.2 Å². The van der Waals surface area contributed by atoms with E-state index in [1.165, 1.54) is 12.1 Å². The van der Waals surface area contributed by atoms with Gasteiger partial charge in [0, 0.05) is 25.3 Å². The topological polar surface area (TPSA) is 152 Å². The van der Waals surface area contributed by atoms with E-state index in [9.17, 15) is 23.2 Å². The SMILES string of the molecule is CCOc1nc(N)nc([C@@](CN2CCOCC2)(Nc2cccc(C(F)(F)F)c2)C(N)=O)c1C#N. The number of nitrogens with one attached hydrogen (secondary N) is 1.